The lowest BCUT2D eigenvalue weighted by atomic mass is 9.86. The van der Waals surface area contributed by atoms with Gasteiger partial charge >= 0.3 is 0 Å². The van der Waals surface area contributed by atoms with Gasteiger partial charge in [-0.25, -0.2) is 0 Å². The van der Waals surface area contributed by atoms with E-state index in [0.717, 1.165) is 42.3 Å². The molecule has 1 aromatic rings. The summed E-state index contributed by atoms with van der Waals surface area (Å²) in [7, 11) is 0. The number of ether oxygens (including phenoxy) is 1. The first kappa shape index (κ1) is 15.8. The maximum atomic E-state index is 10.0. The zero-order valence-corrected chi connectivity index (χ0v) is 13.9. The number of rotatable bonds is 5. The van der Waals surface area contributed by atoms with Crippen molar-refractivity contribution in [2.45, 2.75) is 57.7 Å². The number of phenols is 1. The van der Waals surface area contributed by atoms with Crippen molar-refractivity contribution < 1.29 is 9.84 Å². The summed E-state index contributed by atoms with van der Waals surface area (Å²) in [6, 6.07) is 6.22. The summed E-state index contributed by atoms with van der Waals surface area (Å²) in [5, 5.41) is 13.6. The van der Waals surface area contributed by atoms with Gasteiger partial charge in [0.15, 0.2) is 0 Å². The third-order valence-electron chi connectivity index (χ3n) is 4.43. The molecule has 1 aromatic carbocycles. The molecule has 0 amide bonds. The van der Waals surface area contributed by atoms with Gasteiger partial charge in [0, 0.05) is 24.8 Å². The van der Waals surface area contributed by atoms with Gasteiger partial charge in [0.2, 0.25) is 0 Å². The summed E-state index contributed by atoms with van der Waals surface area (Å²) in [5.74, 6) is 0.337. The summed E-state index contributed by atoms with van der Waals surface area (Å²) in [5.41, 5.74) is 0.972. The predicted octanol–water partition coefficient (Wildman–Crippen LogP) is 3.98. The van der Waals surface area contributed by atoms with E-state index >= 15 is 0 Å². The topological polar surface area (TPSA) is 41.5 Å². The first-order chi connectivity index (χ1) is 9.60. The van der Waals surface area contributed by atoms with Crippen molar-refractivity contribution in [3.63, 3.8) is 0 Å². The van der Waals surface area contributed by atoms with E-state index in [-0.39, 0.29) is 5.60 Å². The molecule has 1 aliphatic rings. The highest BCUT2D eigenvalue weighted by Crippen LogP contribution is 2.32. The lowest BCUT2D eigenvalue weighted by molar-refractivity contribution is -0.0932. The van der Waals surface area contributed by atoms with Gasteiger partial charge in [0.25, 0.3) is 0 Å². The van der Waals surface area contributed by atoms with Gasteiger partial charge in [0.05, 0.1) is 10.1 Å². The minimum absolute atomic E-state index is 0.0369. The van der Waals surface area contributed by atoms with Crippen molar-refractivity contribution in [2.24, 2.45) is 0 Å². The fraction of sp³-hybridized carbons (Fsp3) is 0.625. The van der Waals surface area contributed by atoms with Crippen LogP contribution >= 0.6 is 15.9 Å². The van der Waals surface area contributed by atoms with Crippen LogP contribution in [0.1, 0.15) is 45.1 Å². The van der Waals surface area contributed by atoms with Gasteiger partial charge in [0.1, 0.15) is 5.75 Å². The smallest absolute Gasteiger partial charge is 0.134 e. The Bertz CT molecular complexity index is 446. The van der Waals surface area contributed by atoms with Crippen LogP contribution in [0.4, 0.5) is 0 Å². The van der Waals surface area contributed by atoms with E-state index in [1.807, 2.05) is 18.2 Å². The van der Waals surface area contributed by atoms with Crippen molar-refractivity contribution in [1.82, 2.24) is 5.32 Å². The average Bonchev–Trinajstić information content (AvgIpc) is 2.49. The first-order valence-corrected chi connectivity index (χ1v) is 8.23. The van der Waals surface area contributed by atoms with Gasteiger partial charge in [-0.1, -0.05) is 26.0 Å². The third kappa shape index (κ3) is 3.54. The molecule has 0 aromatic heterocycles. The normalized spacial score (nSPS) is 21.9. The molecule has 1 heterocycles. The van der Waals surface area contributed by atoms with Crippen molar-refractivity contribution in [1.29, 1.82) is 0 Å². The van der Waals surface area contributed by atoms with E-state index in [1.165, 1.54) is 0 Å². The molecule has 2 N–H and O–H groups in total. The number of hydrogen-bond acceptors (Lipinski definition) is 3. The predicted molar refractivity (Wildman–Crippen MR) is 84.9 cm³/mol. The van der Waals surface area contributed by atoms with Crippen LogP contribution < -0.4 is 5.32 Å². The maximum Gasteiger partial charge on any atom is 0.134 e. The lowest BCUT2D eigenvalue weighted by Crippen LogP contribution is -2.46. The average molecular weight is 342 g/mol. The van der Waals surface area contributed by atoms with Crippen LogP contribution in [0.2, 0.25) is 0 Å². The lowest BCUT2D eigenvalue weighted by Gasteiger charge is -2.40. The standard InChI is InChI=1S/C16H24BrNO2/c1-3-16(4-2)10-13(8-9-20-16)18-11-12-6-5-7-14(17)15(12)19/h5-7,13,18-19H,3-4,8-11H2,1-2H3. The van der Waals surface area contributed by atoms with E-state index in [0.29, 0.717) is 18.3 Å². The van der Waals surface area contributed by atoms with Crippen molar-refractivity contribution in [3.8, 4) is 5.75 Å². The number of hydrogen-bond donors (Lipinski definition) is 2. The van der Waals surface area contributed by atoms with E-state index in [9.17, 15) is 5.11 Å². The Hall–Kier alpha value is -0.580. The molecule has 0 spiro atoms. The number of halogens is 1. The fourth-order valence-electron chi connectivity index (χ4n) is 2.90. The van der Waals surface area contributed by atoms with Crippen molar-refractivity contribution >= 4 is 15.9 Å². The van der Waals surface area contributed by atoms with Gasteiger partial charge in [-0.05, 0) is 47.7 Å². The minimum Gasteiger partial charge on any atom is -0.506 e. The van der Waals surface area contributed by atoms with E-state index in [1.54, 1.807) is 0 Å². The van der Waals surface area contributed by atoms with Crippen LogP contribution in [-0.4, -0.2) is 23.4 Å². The van der Waals surface area contributed by atoms with Gasteiger partial charge in [-0.15, -0.1) is 0 Å². The van der Waals surface area contributed by atoms with Crippen molar-refractivity contribution in [2.75, 3.05) is 6.61 Å². The first-order valence-electron chi connectivity index (χ1n) is 7.44. The van der Waals surface area contributed by atoms with Crippen molar-refractivity contribution in [3.05, 3.63) is 28.2 Å². The molecule has 0 saturated carbocycles. The Morgan fingerprint density at radius 2 is 2.15 bits per heavy atom. The molecule has 1 saturated heterocycles. The van der Waals surface area contributed by atoms with Crippen LogP contribution in [-0.2, 0) is 11.3 Å². The zero-order chi connectivity index (χ0) is 14.6. The second kappa shape index (κ2) is 6.92. The molecule has 0 aliphatic carbocycles. The Morgan fingerprint density at radius 1 is 1.40 bits per heavy atom. The number of nitrogens with one attached hydrogen (secondary N) is 1. The Labute approximate surface area is 129 Å². The molecule has 112 valence electrons. The quantitative estimate of drug-likeness (QED) is 0.850. The van der Waals surface area contributed by atoms with Crippen LogP contribution in [0.25, 0.3) is 0 Å². The summed E-state index contributed by atoms with van der Waals surface area (Å²) in [4.78, 5) is 0. The third-order valence-corrected chi connectivity index (χ3v) is 5.07. The Kier molecular flexibility index (Phi) is 5.47. The highest BCUT2D eigenvalue weighted by Gasteiger charge is 2.34. The van der Waals surface area contributed by atoms with E-state index < -0.39 is 0 Å². The SMILES string of the molecule is CCC1(CC)CC(NCc2cccc(Br)c2O)CCO1. The summed E-state index contributed by atoms with van der Waals surface area (Å²) in [6.07, 6.45) is 4.21. The monoisotopic (exact) mass is 341 g/mol. The van der Waals surface area contributed by atoms with Crippen LogP contribution in [0.15, 0.2) is 22.7 Å². The fourth-order valence-corrected chi connectivity index (χ4v) is 3.31. The molecular weight excluding hydrogens is 318 g/mol. The Balaban J connectivity index is 1.95. The van der Waals surface area contributed by atoms with E-state index in [4.69, 9.17) is 4.74 Å². The van der Waals surface area contributed by atoms with Gasteiger partial charge in [-0.2, -0.15) is 0 Å². The molecule has 0 radical (unpaired) electrons. The van der Waals surface area contributed by atoms with Crippen LogP contribution in [0, 0.1) is 0 Å². The summed E-state index contributed by atoms with van der Waals surface area (Å²) < 4.78 is 6.74. The number of aromatic hydroxyl groups is 1. The molecule has 0 bridgehead atoms. The maximum absolute atomic E-state index is 10.0. The number of para-hydroxylation sites is 1. The molecule has 1 fully saturated rings. The number of phenolic OH excluding ortho intramolecular Hbond substituents is 1. The molecule has 1 aliphatic heterocycles. The molecule has 1 unspecified atom stereocenters. The molecule has 4 heteroatoms. The Morgan fingerprint density at radius 3 is 2.85 bits per heavy atom. The second-order valence-electron chi connectivity index (χ2n) is 5.56. The molecular formula is C16H24BrNO2. The summed E-state index contributed by atoms with van der Waals surface area (Å²) >= 11 is 3.35. The van der Waals surface area contributed by atoms with Gasteiger partial charge in [-0.3, -0.25) is 0 Å². The molecule has 2 rings (SSSR count). The highest BCUT2D eigenvalue weighted by molar-refractivity contribution is 9.10. The zero-order valence-electron chi connectivity index (χ0n) is 12.3. The molecule has 3 nitrogen and oxygen atoms in total. The molecule has 20 heavy (non-hydrogen) atoms. The van der Waals surface area contributed by atoms with Gasteiger partial charge < -0.3 is 15.2 Å². The van der Waals surface area contributed by atoms with Crippen LogP contribution in [0.3, 0.4) is 0 Å². The largest absolute Gasteiger partial charge is 0.506 e. The van der Waals surface area contributed by atoms with E-state index in [2.05, 4.69) is 35.1 Å². The summed E-state index contributed by atoms with van der Waals surface area (Å²) in [6.45, 7) is 5.92. The second-order valence-corrected chi connectivity index (χ2v) is 6.41. The molecule has 1 atom stereocenters. The van der Waals surface area contributed by atoms with Crippen LogP contribution in [0.5, 0.6) is 5.75 Å². The highest BCUT2D eigenvalue weighted by atomic mass is 79.9. The minimum atomic E-state index is 0.0369. The number of benzene rings is 1.